The van der Waals surface area contributed by atoms with Crippen LogP contribution >= 0.6 is 0 Å². The normalized spacial score (nSPS) is 12.0. The van der Waals surface area contributed by atoms with E-state index in [0.29, 0.717) is 5.69 Å². The number of hydrogen-bond acceptors (Lipinski definition) is 3. The Hall–Kier alpha value is -2.88. The van der Waals surface area contributed by atoms with Crippen molar-refractivity contribution in [1.82, 2.24) is 4.98 Å². The molecule has 4 nitrogen and oxygen atoms in total. The van der Waals surface area contributed by atoms with Crippen LogP contribution in [0.1, 0.15) is 18.4 Å². The van der Waals surface area contributed by atoms with Crippen molar-refractivity contribution in [3.63, 3.8) is 0 Å². The van der Waals surface area contributed by atoms with Crippen LogP contribution < -0.4 is 5.32 Å². The number of hydrogen-bond donors (Lipinski definition) is 2. The number of carbonyl (C=O) groups excluding carboxylic acids is 1. The summed E-state index contributed by atoms with van der Waals surface area (Å²) in [6, 6.07) is 14.5. The highest BCUT2D eigenvalue weighted by Crippen LogP contribution is 2.25. The summed E-state index contributed by atoms with van der Waals surface area (Å²) in [6.07, 6.45) is 3.42. The van der Waals surface area contributed by atoms with Crippen LogP contribution in [0.2, 0.25) is 0 Å². The number of phenolic OH excluding ortho intramolecular Hbond substituents is 1. The Morgan fingerprint density at radius 2 is 1.95 bits per heavy atom. The van der Waals surface area contributed by atoms with Crippen molar-refractivity contribution in [2.24, 2.45) is 0 Å². The molecule has 1 amide bonds. The number of nitrogens with zero attached hydrogens (tertiary/aromatic N) is 1. The van der Waals surface area contributed by atoms with E-state index in [1.807, 2.05) is 37.3 Å². The lowest BCUT2D eigenvalue weighted by atomic mass is 10.00. The third kappa shape index (κ3) is 2.76. The fourth-order valence-corrected chi connectivity index (χ4v) is 2.40. The zero-order valence-electron chi connectivity index (χ0n) is 12.2. The van der Waals surface area contributed by atoms with Gasteiger partial charge in [0.2, 0.25) is 5.91 Å². The van der Waals surface area contributed by atoms with Crippen LogP contribution in [-0.4, -0.2) is 16.0 Å². The first-order chi connectivity index (χ1) is 10.6. The van der Waals surface area contributed by atoms with Crippen LogP contribution in [-0.2, 0) is 4.79 Å². The van der Waals surface area contributed by atoms with Gasteiger partial charge < -0.3 is 10.4 Å². The van der Waals surface area contributed by atoms with Crippen LogP contribution in [0.25, 0.3) is 10.8 Å². The number of phenols is 1. The Balaban J connectivity index is 1.87. The van der Waals surface area contributed by atoms with Gasteiger partial charge in [-0.1, -0.05) is 36.4 Å². The van der Waals surface area contributed by atoms with E-state index in [1.165, 1.54) is 0 Å². The van der Waals surface area contributed by atoms with Crippen LogP contribution in [0.15, 0.2) is 60.9 Å². The van der Waals surface area contributed by atoms with Crippen molar-refractivity contribution in [3.05, 3.63) is 66.5 Å². The molecule has 0 aliphatic rings. The van der Waals surface area contributed by atoms with Gasteiger partial charge in [0, 0.05) is 17.0 Å². The molecule has 0 bridgehead atoms. The van der Waals surface area contributed by atoms with Crippen molar-refractivity contribution in [3.8, 4) is 5.75 Å². The molecule has 3 rings (SSSR count). The molecule has 0 aliphatic carbocycles. The van der Waals surface area contributed by atoms with E-state index in [1.54, 1.807) is 30.6 Å². The number of carbonyl (C=O) groups is 1. The number of pyridine rings is 1. The molecule has 0 saturated heterocycles. The highest BCUT2D eigenvalue weighted by molar-refractivity contribution is 6.03. The lowest BCUT2D eigenvalue weighted by Crippen LogP contribution is -2.19. The summed E-state index contributed by atoms with van der Waals surface area (Å²) < 4.78 is 0. The predicted octanol–water partition coefficient (Wildman–Crippen LogP) is 3.68. The van der Waals surface area contributed by atoms with Crippen LogP contribution in [0.5, 0.6) is 5.75 Å². The van der Waals surface area contributed by atoms with Crippen molar-refractivity contribution < 1.29 is 9.90 Å². The smallest absolute Gasteiger partial charge is 0.231 e. The molecule has 1 heterocycles. The van der Waals surface area contributed by atoms with E-state index in [-0.39, 0.29) is 17.6 Å². The maximum Gasteiger partial charge on any atom is 0.231 e. The van der Waals surface area contributed by atoms with E-state index in [0.717, 1.165) is 16.3 Å². The van der Waals surface area contributed by atoms with Gasteiger partial charge in [0.25, 0.3) is 0 Å². The highest BCUT2D eigenvalue weighted by atomic mass is 16.3. The largest absolute Gasteiger partial charge is 0.508 e. The average Bonchev–Trinajstić information content (AvgIpc) is 2.54. The first-order valence-corrected chi connectivity index (χ1v) is 7.07. The summed E-state index contributed by atoms with van der Waals surface area (Å²) in [5.74, 6) is -0.348. The van der Waals surface area contributed by atoms with Crippen LogP contribution in [0.3, 0.4) is 0 Å². The molecule has 2 aromatic carbocycles. The quantitative estimate of drug-likeness (QED) is 0.774. The van der Waals surface area contributed by atoms with Gasteiger partial charge in [0.05, 0.1) is 17.8 Å². The maximum absolute atomic E-state index is 12.4. The van der Waals surface area contributed by atoms with Gasteiger partial charge in [0.1, 0.15) is 5.75 Å². The molecular weight excluding hydrogens is 276 g/mol. The van der Waals surface area contributed by atoms with E-state index in [9.17, 15) is 9.90 Å². The Morgan fingerprint density at radius 3 is 2.77 bits per heavy atom. The molecule has 22 heavy (non-hydrogen) atoms. The number of benzene rings is 2. The molecule has 4 heteroatoms. The summed E-state index contributed by atoms with van der Waals surface area (Å²) in [5.41, 5.74) is 1.46. The molecule has 1 atom stereocenters. The van der Waals surface area contributed by atoms with Gasteiger partial charge in [-0.15, -0.1) is 0 Å². The summed E-state index contributed by atoms with van der Waals surface area (Å²) in [7, 11) is 0. The maximum atomic E-state index is 12.4. The molecule has 110 valence electrons. The minimum atomic E-state index is -0.369. The lowest BCUT2D eigenvalue weighted by Gasteiger charge is -2.14. The molecule has 2 N–H and O–H groups in total. The molecule has 0 radical (unpaired) electrons. The summed E-state index contributed by atoms with van der Waals surface area (Å²) >= 11 is 0. The third-order valence-corrected chi connectivity index (χ3v) is 3.69. The number of aromatic nitrogens is 1. The fraction of sp³-hybridized carbons (Fsp3) is 0.111. The lowest BCUT2D eigenvalue weighted by molar-refractivity contribution is -0.117. The first kappa shape index (κ1) is 14.1. The minimum absolute atomic E-state index is 0.135. The van der Waals surface area contributed by atoms with Crippen LogP contribution in [0, 0.1) is 0 Å². The number of anilines is 1. The minimum Gasteiger partial charge on any atom is -0.508 e. The average molecular weight is 292 g/mol. The molecule has 0 spiro atoms. The standard InChI is InChI=1S/C18H16N2O2/c1-12(13-6-4-7-15(21)9-13)18(22)20-17-11-19-10-14-5-2-3-8-16(14)17/h2-12,21H,1H3,(H,20,22). The summed E-state index contributed by atoms with van der Waals surface area (Å²) in [5, 5.41) is 14.4. The second-order valence-corrected chi connectivity index (χ2v) is 5.21. The molecule has 0 saturated carbocycles. The molecular formula is C18H16N2O2. The molecule has 1 aromatic heterocycles. The van der Waals surface area contributed by atoms with E-state index in [2.05, 4.69) is 10.3 Å². The zero-order valence-corrected chi connectivity index (χ0v) is 12.2. The zero-order chi connectivity index (χ0) is 15.5. The van der Waals surface area contributed by atoms with Gasteiger partial charge in [-0.2, -0.15) is 0 Å². The number of rotatable bonds is 3. The number of fused-ring (bicyclic) bond motifs is 1. The second-order valence-electron chi connectivity index (χ2n) is 5.21. The fourth-order valence-electron chi connectivity index (χ4n) is 2.40. The third-order valence-electron chi connectivity index (χ3n) is 3.69. The summed E-state index contributed by atoms with van der Waals surface area (Å²) in [4.78, 5) is 16.6. The van der Waals surface area contributed by atoms with Crippen molar-refractivity contribution in [2.45, 2.75) is 12.8 Å². The Bertz CT molecular complexity index is 825. The molecule has 1 unspecified atom stereocenters. The summed E-state index contributed by atoms with van der Waals surface area (Å²) in [6.45, 7) is 1.81. The van der Waals surface area contributed by atoms with E-state index < -0.39 is 0 Å². The van der Waals surface area contributed by atoms with Crippen LogP contribution in [0.4, 0.5) is 5.69 Å². The highest BCUT2D eigenvalue weighted by Gasteiger charge is 2.16. The Kier molecular flexibility index (Phi) is 3.74. The molecule has 0 fully saturated rings. The monoisotopic (exact) mass is 292 g/mol. The Morgan fingerprint density at radius 1 is 1.14 bits per heavy atom. The van der Waals surface area contributed by atoms with Gasteiger partial charge in [0.15, 0.2) is 0 Å². The van der Waals surface area contributed by atoms with Crippen molar-refractivity contribution >= 4 is 22.4 Å². The van der Waals surface area contributed by atoms with Gasteiger partial charge in [-0.3, -0.25) is 9.78 Å². The topological polar surface area (TPSA) is 62.2 Å². The SMILES string of the molecule is CC(C(=O)Nc1cncc2ccccc12)c1cccc(O)c1. The second kappa shape index (κ2) is 5.85. The predicted molar refractivity (Wildman–Crippen MR) is 86.9 cm³/mol. The van der Waals surface area contributed by atoms with Crippen molar-refractivity contribution in [1.29, 1.82) is 0 Å². The van der Waals surface area contributed by atoms with Gasteiger partial charge in [-0.25, -0.2) is 0 Å². The van der Waals surface area contributed by atoms with E-state index in [4.69, 9.17) is 0 Å². The molecule has 0 aliphatic heterocycles. The van der Waals surface area contributed by atoms with E-state index >= 15 is 0 Å². The number of aromatic hydroxyl groups is 1. The van der Waals surface area contributed by atoms with Gasteiger partial charge >= 0.3 is 0 Å². The number of amides is 1. The first-order valence-electron chi connectivity index (χ1n) is 7.07. The molecule has 3 aromatic rings. The van der Waals surface area contributed by atoms with Crippen molar-refractivity contribution in [2.75, 3.05) is 5.32 Å². The number of nitrogens with one attached hydrogen (secondary N) is 1. The Labute approximate surface area is 128 Å². The van der Waals surface area contributed by atoms with Gasteiger partial charge in [-0.05, 0) is 24.6 Å².